The first-order valence-electron chi connectivity index (χ1n) is 7.37. The second-order valence-electron chi connectivity index (χ2n) is 6.38. The largest absolute Gasteiger partial charge is 0.368 e. The minimum Gasteiger partial charge on any atom is -0.368 e. The van der Waals surface area contributed by atoms with Crippen LogP contribution in [0.5, 0.6) is 0 Å². The van der Waals surface area contributed by atoms with Crippen molar-refractivity contribution in [1.29, 1.82) is 0 Å². The molecular formula is C15H26N4O. The molecule has 0 aromatic carbocycles. The van der Waals surface area contributed by atoms with Crippen molar-refractivity contribution in [1.82, 2.24) is 15.1 Å². The van der Waals surface area contributed by atoms with E-state index >= 15 is 0 Å². The Morgan fingerprint density at radius 2 is 2.10 bits per heavy atom. The van der Waals surface area contributed by atoms with Crippen LogP contribution in [0.2, 0.25) is 0 Å². The molecule has 1 aromatic rings. The molecule has 2 rings (SSSR count). The Labute approximate surface area is 120 Å². The van der Waals surface area contributed by atoms with Crippen LogP contribution in [0.4, 0.5) is 0 Å². The summed E-state index contributed by atoms with van der Waals surface area (Å²) in [6, 6.07) is 0.490. The van der Waals surface area contributed by atoms with Gasteiger partial charge in [-0.3, -0.25) is 9.48 Å². The van der Waals surface area contributed by atoms with E-state index in [0.29, 0.717) is 0 Å². The zero-order chi connectivity index (χ0) is 15.1. The lowest BCUT2D eigenvalue weighted by atomic mass is 9.95. The minimum absolute atomic E-state index is 0.239. The van der Waals surface area contributed by atoms with Gasteiger partial charge in [0, 0.05) is 11.7 Å². The Morgan fingerprint density at radius 1 is 1.45 bits per heavy atom. The van der Waals surface area contributed by atoms with E-state index in [2.05, 4.69) is 28.9 Å². The highest BCUT2D eigenvalue weighted by Gasteiger charge is 2.45. The molecule has 112 valence electrons. The fourth-order valence-corrected chi connectivity index (χ4v) is 3.31. The van der Waals surface area contributed by atoms with E-state index in [0.717, 1.165) is 25.0 Å². The quantitative estimate of drug-likeness (QED) is 0.881. The number of nitrogens with zero attached hydrogens (tertiary/aromatic N) is 2. The van der Waals surface area contributed by atoms with Crippen molar-refractivity contribution in [3.8, 4) is 0 Å². The van der Waals surface area contributed by atoms with Crippen LogP contribution in [-0.2, 0) is 4.79 Å². The van der Waals surface area contributed by atoms with Crippen LogP contribution < -0.4 is 11.1 Å². The summed E-state index contributed by atoms with van der Waals surface area (Å²) < 4.78 is 2.08. The van der Waals surface area contributed by atoms with Gasteiger partial charge >= 0.3 is 0 Å². The Morgan fingerprint density at radius 3 is 2.55 bits per heavy atom. The highest BCUT2D eigenvalue weighted by Crippen LogP contribution is 2.39. The van der Waals surface area contributed by atoms with Crippen LogP contribution in [0.1, 0.15) is 56.1 Å². The second kappa shape index (κ2) is 5.20. The number of nitrogens with two attached hydrogens (primary N) is 1. The maximum Gasteiger partial charge on any atom is 0.237 e. The summed E-state index contributed by atoms with van der Waals surface area (Å²) in [6.45, 7) is 10.3. The molecule has 5 heteroatoms. The summed E-state index contributed by atoms with van der Waals surface area (Å²) in [6.07, 6.45) is 2.44. The normalized spacial score (nSPS) is 26.4. The Balaban J connectivity index is 2.26. The first-order valence-corrected chi connectivity index (χ1v) is 7.37. The maximum absolute atomic E-state index is 11.9. The van der Waals surface area contributed by atoms with Crippen LogP contribution >= 0.6 is 0 Å². The molecule has 1 aliphatic rings. The highest BCUT2D eigenvalue weighted by molar-refractivity contribution is 5.85. The third-order valence-corrected chi connectivity index (χ3v) is 4.56. The lowest BCUT2D eigenvalue weighted by Gasteiger charge is -2.29. The fourth-order valence-electron chi connectivity index (χ4n) is 3.31. The van der Waals surface area contributed by atoms with Crippen molar-refractivity contribution >= 4 is 5.91 Å². The minimum atomic E-state index is -0.584. The molecule has 3 N–H and O–H groups in total. The molecule has 1 heterocycles. The van der Waals surface area contributed by atoms with E-state index in [1.807, 2.05) is 20.8 Å². The molecule has 2 unspecified atom stereocenters. The van der Waals surface area contributed by atoms with Gasteiger partial charge in [0.15, 0.2) is 0 Å². The molecule has 20 heavy (non-hydrogen) atoms. The fraction of sp³-hybridized carbons (Fsp3) is 0.733. The molecule has 1 aromatic heterocycles. The molecule has 1 saturated carbocycles. The van der Waals surface area contributed by atoms with Gasteiger partial charge in [-0.15, -0.1) is 0 Å². The average Bonchev–Trinajstić information content (AvgIpc) is 2.87. The first kappa shape index (κ1) is 15.0. The number of aromatic nitrogens is 2. The van der Waals surface area contributed by atoms with Gasteiger partial charge < -0.3 is 11.1 Å². The van der Waals surface area contributed by atoms with Crippen LogP contribution in [0.3, 0.4) is 0 Å². The van der Waals surface area contributed by atoms with Crippen molar-refractivity contribution in [2.45, 2.75) is 71.5 Å². The molecule has 0 saturated heterocycles. The van der Waals surface area contributed by atoms with Crippen molar-refractivity contribution in [2.24, 2.45) is 5.73 Å². The van der Waals surface area contributed by atoms with E-state index < -0.39 is 5.54 Å². The van der Waals surface area contributed by atoms with Gasteiger partial charge in [-0.25, -0.2) is 0 Å². The predicted octanol–water partition coefficient (Wildman–Crippen LogP) is 1.76. The molecular weight excluding hydrogens is 252 g/mol. The summed E-state index contributed by atoms with van der Waals surface area (Å²) in [5, 5.41) is 8.01. The van der Waals surface area contributed by atoms with Gasteiger partial charge in [-0.1, -0.05) is 0 Å². The molecule has 1 amide bonds. The third-order valence-electron chi connectivity index (χ3n) is 4.56. The summed E-state index contributed by atoms with van der Waals surface area (Å²) in [5.74, 6) is -0.244. The molecule has 0 aliphatic heterocycles. The summed E-state index contributed by atoms with van der Waals surface area (Å²) in [7, 11) is 0. The van der Waals surface area contributed by atoms with Crippen molar-refractivity contribution < 1.29 is 4.79 Å². The highest BCUT2D eigenvalue weighted by atomic mass is 16.1. The van der Waals surface area contributed by atoms with Crippen LogP contribution in [0.15, 0.2) is 0 Å². The van der Waals surface area contributed by atoms with Crippen molar-refractivity contribution in [3.63, 3.8) is 0 Å². The molecule has 0 bridgehead atoms. The molecule has 1 aliphatic carbocycles. The molecule has 2 atom stereocenters. The number of carbonyl (C=O) groups is 1. The van der Waals surface area contributed by atoms with E-state index in [9.17, 15) is 4.79 Å². The lowest BCUT2D eigenvalue weighted by Crippen LogP contribution is -2.56. The second-order valence-corrected chi connectivity index (χ2v) is 6.38. The topological polar surface area (TPSA) is 72.9 Å². The molecule has 0 spiro atoms. The van der Waals surface area contributed by atoms with E-state index in [4.69, 9.17) is 5.73 Å². The number of hydrogen-bond donors (Lipinski definition) is 2. The Kier molecular flexibility index (Phi) is 3.91. The van der Waals surface area contributed by atoms with E-state index in [1.165, 1.54) is 11.3 Å². The third kappa shape index (κ3) is 2.46. The van der Waals surface area contributed by atoms with Crippen molar-refractivity contribution in [2.75, 3.05) is 0 Å². The summed E-state index contributed by atoms with van der Waals surface area (Å²) >= 11 is 0. The standard InChI is InChI=1S/C15H26N4O/c1-9(2)17-15(14(16)20)7-6-13(8-15)19-12(5)10(3)11(4)18-19/h9,13,17H,6-8H2,1-5H3,(H2,16,20). The van der Waals surface area contributed by atoms with Gasteiger partial charge in [0.1, 0.15) is 0 Å². The van der Waals surface area contributed by atoms with Gasteiger partial charge in [-0.05, 0) is 59.4 Å². The van der Waals surface area contributed by atoms with E-state index in [-0.39, 0.29) is 18.0 Å². The van der Waals surface area contributed by atoms with Crippen molar-refractivity contribution in [3.05, 3.63) is 17.0 Å². The van der Waals surface area contributed by atoms with Gasteiger partial charge in [0.05, 0.1) is 17.3 Å². The van der Waals surface area contributed by atoms with Crippen LogP contribution in [0.25, 0.3) is 0 Å². The zero-order valence-electron chi connectivity index (χ0n) is 13.2. The summed E-state index contributed by atoms with van der Waals surface area (Å²) in [5.41, 5.74) is 8.57. The van der Waals surface area contributed by atoms with Gasteiger partial charge in [-0.2, -0.15) is 5.10 Å². The van der Waals surface area contributed by atoms with E-state index in [1.54, 1.807) is 0 Å². The number of amides is 1. The van der Waals surface area contributed by atoms with Gasteiger partial charge in [0.25, 0.3) is 0 Å². The predicted molar refractivity (Wildman–Crippen MR) is 79.5 cm³/mol. The summed E-state index contributed by atoms with van der Waals surface area (Å²) in [4.78, 5) is 11.9. The van der Waals surface area contributed by atoms with Crippen LogP contribution in [0, 0.1) is 20.8 Å². The number of primary amides is 1. The molecule has 1 fully saturated rings. The number of aryl methyl sites for hydroxylation is 1. The Bertz CT molecular complexity index is 520. The number of hydrogen-bond acceptors (Lipinski definition) is 3. The SMILES string of the molecule is Cc1nn(C2CCC(NC(C)C)(C(N)=O)C2)c(C)c1C. The Hall–Kier alpha value is -1.36. The lowest BCUT2D eigenvalue weighted by molar-refractivity contribution is -0.124. The number of nitrogens with one attached hydrogen (secondary N) is 1. The zero-order valence-corrected chi connectivity index (χ0v) is 13.2. The van der Waals surface area contributed by atoms with Crippen LogP contribution in [-0.4, -0.2) is 27.3 Å². The molecule has 5 nitrogen and oxygen atoms in total. The average molecular weight is 278 g/mol. The maximum atomic E-state index is 11.9. The molecule has 0 radical (unpaired) electrons. The van der Waals surface area contributed by atoms with Gasteiger partial charge in [0.2, 0.25) is 5.91 Å². The monoisotopic (exact) mass is 278 g/mol. The smallest absolute Gasteiger partial charge is 0.237 e. The number of carbonyl (C=O) groups excluding carboxylic acids is 1. The first-order chi connectivity index (χ1) is 9.27. The number of rotatable bonds is 4.